The van der Waals surface area contributed by atoms with Crippen molar-refractivity contribution in [3.05, 3.63) is 0 Å². The number of nitrogens with two attached hydrogens (primary N) is 2. The van der Waals surface area contributed by atoms with Crippen molar-refractivity contribution < 1.29 is 35.0 Å². The second-order valence-corrected chi connectivity index (χ2v) is 5.51. The number of hydrogen-bond acceptors (Lipinski definition) is 9. The maximum absolute atomic E-state index is 8.74. The first kappa shape index (κ1) is 27.4. The number of nitrogens with one attached hydrogen (secondary N) is 3. The van der Waals surface area contributed by atoms with Crippen molar-refractivity contribution in [2.24, 2.45) is 11.5 Å². The summed E-state index contributed by atoms with van der Waals surface area (Å²) < 4.78 is 63.2. The molecule has 11 N–H and O–H groups in total. The van der Waals surface area contributed by atoms with E-state index in [-0.39, 0.29) is 0 Å². The molecule has 0 aliphatic heterocycles. The summed E-state index contributed by atoms with van der Waals surface area (Å²) in [4.78, 5) is 0. The summed E-state index contributed by atoms with van der Waals surface area (Å²) in [5, 5.41) is 9.71. The minimum atomic E-state index is -4.67. The Morgan fingerprint density at radius 1 is 0.565 bits per heavy atom. The highest BCUT2D eigenvalue weighted by atomic mass is 32.3. The van der Waals surface area contributed by atoms with E-state index in [9.17, 15) is 0 Å². The standard InChI is InChI=1S/C8H23N5.2H2O4S/c9-1-3-11-5-7-13-8-6-12-4-2-10;2*1-5(2,3)4/h11-13H,1-10H2;2*(H2,1,2,3,4). The Morgan fingerprint density at radius 2 is 0.739 bits per heavy atom. The second-order valence-electron chi connectivity index (χ2n) is 3.72. The first-order chi connectivity index (χ1) is 10.4. The molecule has 0 atom stereocenters. The van der Waals surface area contributed by atoms with Gasteiger partial charge in [0.05, 0.1) is 0 Å². The average Bonchev–Trinajstić information content (AvgIpc) is 2.33. The predicted octanol–water partition coefficient (Wildman–Crippen LogP) is -3.63. The molecule has 0 saturated carbocycles. The van der Waals surface area contributed by atoms with Crippen LogP contribution >= 0.6 is 0 Å². The third-order valence-corrected chi connectivity index (χ3v) is 1.60. The largest absolute Gasteiger partial charge is 0.394 e. The summed E-state index contributed by atoms with van der Waals surface area (Å²) in [6.45, 7) is 7.15. The first-order valence-corrected chi connectivity index (χ1v) is 9.13. The monoisotopic (exact) mass is 385 g/mol. The van der Waals surface area contributed by atoms with E-state index < -0.39 is 20.8 Å². The van der Waals surface area contributed by atoms with Crippen LogP contribution in [0.1, 0.15) is 0 Å². The van der Waals surface area contributed by atoms with Gasteiger partial charge >= 0.3 is 20.8 Å². The Labute approximate surface area is 136 Å². The minimum Gasteiger partial charge on any atom is -0.329 e. The van der Waals surface area contributed by atoms with E-state index in [4.69, 9.17) is 46.5 Å². The van der Waals surface area contributed by atoms with Gasteiger partial charge in [0.25, 0.3) is 0 Å². The Hall–Kier alpha value is -0.460. The van der Waals surface area contributed by atoms with E-state index >= 15 is 0 Å². The maximum Gasteiger partial charge on any atom is 0.394 e. The molecule has 0 heterocycles. The highest BCUT2D eigenvalue weighted by Crippen LogP contribution is 1.61. The Balaban J connectivity index is -0.000000329. The van der Waals surface area contributed by atoms with Crippen molar-refractivity contribution in [2.75, 3.05) is 52.4 Å². The van der Waals surface area contributed by atoms with Gasteiger partial charge in [-0.2, -0.15) is 16.8 Å². The van der Waals surface area contributed by atoms with Gasteiger partial charge in [0, 0.05) is 52.4 Å². The molecule has 15 heteroatoms. The molecule has 0 saturated heterocycles. The zero-order valence-electron chi connectivity index (χ0n) is 12.5. The van der Waals surface area contributed by atoms with E-state index in [0.29, 0.717) is 13.1 Å². The van der Waals surface area contributed by atoms with Crippen LogP contribution in [0, 0.1) is 0 Å². The van der Waals surface area contributed by atoms with Crippen LogP contribution in [0.3, 0.4) is 0 Å². The quantitative estimate of drug-likeness (QED) is 0.130. The van der Waals surface area contributed by atoms with Crippen LogP contribution in [0.5, 0.6) is 0 Å². The minimum absolute atomic E-state index is 0.706. The van der Waals surface area contributed by atoms with E-state index in [1.165, 1.54) is 0 Å². The fourth-order valence-electron chi connectivity index (χ4n) is 0.933. The van der Waals surface area contributed by atoms with Crippen LogP contribution in [0.15, 0.2) is 0 Å². The molecule has 0 aliphatic carbocycles. The number of hydrogen-bond donors (Lipinski definition) is 9. The van der Waals surface area contributed by atoms with Crippen LogP contribution in [0.4, 0.5) is 0 Å². The summed E-state index contributed by atoms with van der Waals surface area (Å²) in [6.07, 6.45) is 0. The lowest BCUT2D eigenvalue weighted by Gasteiger charge is -2.06. The molecule has 0 spiro atoms. The maximum atomic E-state index is 8.74. The normalized spacial score (nSPS) is 11.0. The molecule has 0 aromatic heterocycles. The van der Waals surface area contributed by atoms with E-state index in [1.807, 2.05) is 0 Å². The lowest BCUT2D eigenvalue weighted by molar-refractivity contribution is 0.378. The summed E-state index contributed by atoms with van der Waals surface area (Å²) in [5.74, 6) is 0. The highest BCUT2D eigenvalue weighted by molar-refractivity contribution is 7.80. The zero-order chi connectivity index (χ0) is 18.8. The van der Waals surface area contributed by atoms with Crippen molar-refractivity contribution in [3.63, 3.8) is 0 Å². The van der Waals surface area contributed by atoms with Gasteiger partial charge in [0.2, 0.25) is 0 Å². The third-order valence-electron chi connectivity index (χ3n) is 1.60. The van der Waals surface area contributed by atoms with Crippen molar-refractivity contribution in [1.29, 1.82) is 0 Å². The molecule has 0 radical (unpaired) electrons. The fraction of sp³-hybridized carbons (Fsp3) is 1.00. The Morgan fingerprint density at radius 3 is 0.913 bits per heavy atom. The van der Waals surface area contributed by atoms with E-state index in [1.54, 1.807) is 0 Å². The summed E-state index contributed by atoms with van der Waals surface area (Å²) in [7, 11) is -9.33. The highest BCUT2D eigenvalue weighted by Gasteiger charge is 1.87. The molecular weight excluding hydrogens is 358 g/mol. The molecule has 0 rings (SSSR count). The molecule has 0 unspecified atom stereocenters. The van der Waals surface area contributed by atoms with E-state index in [2.05, 4.69) is 16.0 Å². The smallest absolute Gasteiger partial charge is 0.329 e. The lowest BCUT2D eigenvalue weighted by atomic mass is 10.5. The molecule has 0 amide bonds. The van der Waals surface area contributed by atoms with Crippen molar-refractivity contribution in [1.82, 2.24) is 16.0 Å². The topological polar surface area (TPSA) is 237 Å². The molecule has 144 valence electrons. The van der Waals surface area contributed by atoms with Crippen molar-refractivity contribution >= 4 is 20.8 Å². The van der Waals surface area contributed by atoms with Crippen LogP contribution in [0.2, 0.25) is 0 Å². The first-order valence-electron chi connectivity index (χ1n) is 6.33. The molecule has 23 heavy (non-hydrogen) atoms. The summed E-state index contributed by atoms with van der Waals surface area (Å²) in [6, 6.07) is 0. The van der Waals surface area contributed by atoms with Crippen LogP contribution < -0.4 is 27.4 Å². The Bertz CT molecular complexity index is 374. The SMILES string of the molecule is NCCNCCNCCNCCN.O=S(=O)(O)O.O=S(=O)(O)O. The molecular formula is C8H27N5O8S2. The van der Waals surface area contributed by atoms with Gasteiger partial charge < -0.3 is 27.4 Å². The second kappa shape index (κ2) is 17.9. The molecule has 0 aromatic rings. The molecule has 0 bridgehead atoms. The van der Waals surface area contributed by atoms with Gasteiger partial charge in [-0.1, -0.05) is 0 Å². The summed E-state index contributed by atoms with van der Waals surface area (Å²) in [5.41, 5.74) is 10.6. The molecule has 0 aliphatic rings. The van der Waals surface area contributed by atoms with Crippen molar-refractivity contribution in [3.8, 4) is 0 Å². The van der Waals surface area contributed by atoms with Gasteiger partial charge in [0.15, 0.2) is 0 Å². The van der Waals surface area contributed by atoms with Gasteiger partial charge in [-0.25, -0.2) is 0 Å². The fourth-order valence-corrected chi connectivity index (χ4v) is 0.933. The van der Waals surface area contributed by atoms with Crippen LogP contribution in [-0.4, -0.2) is 87.4 Å². The van der Waals surface area contributed by atoms with Crippen LogP contribution in [-0.2, 0) is 20.8 Å². The van der Waals surface area contributed by atoms with Crippen molar-refractivity contribution in [2.45, 2.75) is 0 Å². The van der Waals surface area contributed by atoms with Gasteiger partial charge in [-0.3, -0.25) is 18.2 Å². The average molecular weight is 385 g/mol. The lowest BCUT2D eigenvalue weighted by Crippen LogP contribution is -2.35. The molecule has 0 aromatic carbocycles. The predicted molar refractivity (Wildman–Crippen MR) is 85.1 cm³/mol. The summed E-state index contributed by atoms with van der Waals surface area (Å²) >= 11 is 0. The Kier molecular flexibility index (Phi) is 21.3. The van der Waals surface area contributed by atoms with Gasteiger partial charge in [0.1, 0.15) is 0 Å². The van der Waals surface area contributed by atoms with Crippen LogP contribution in [0.25, 0.3) is 0 Å². The molecule has 13 nitrogen and oxygen atoms in total. The third kappa shape index (κ3) is 90.4. The van der Waals surface area contributed by atoms with Gasteiger partial charge in [-0.05, 0) is 0 Å². The zero-order valence-corrected chi connectivity index (χ0v) is 14.2. The van der Waals surface area contributed by atoms with Gasteiger partial charge in [-0.15, -0.1) is 0 Å². The van der Waals surface area contributed by atoms with E-state index in [0.717, 1.165) is 39.3 Å². The molecule has 0 fully saturated rings. The number of rotatable bonds is 10.